The van der Waals surface area contributed by atoms with Crippen molar-refractivity contribution in [2.24, 2.45) is 0 Å². The number of ether oxygens (including phenoxy) is 3. The third-order valence-corrected chi connectivity index (χ3v) is 6.05. The third kappa shape index (κ3) is 5.17. The molecule has 1 aliphatic heterocycles. The SMILES string of the molecule is CCOC(=O)c1cccc(NC(=O)CC(c2ccc(OC)c(OC)c2)N2Cc3ccccc3C2=O)c1. The minimum atomic E-state index is -0.557. The van der Waals surface area contributed by atoms with E-state index in [2.05, 4.69) is 5.32 Å². The Hall–Kier alpha value is -4.33. The highest BCUT2D eigenvalue weighted by molar-refractivity contribution is 5.99. The number of rotatable bonds is 9. The number of carbonyl (C=O) groups excluding carboxylic acids is 3. The number of amides is 2. The van der Waals surface area contributed by atoms with Gasteiger partial charge in [-0.25, -0.2) is 4.79 Å². The topological polar surface area (TPSA) is 94.2 Å². The second-order valence-corrected chi connectivity index (χ2v) is 8.27. The van der Waals surface area contributed by atoms with Crippen LogP contribution in [0.1, 0.15) is 51.2 Å². The molecule has 8 nitrogen and oxygen atoms in total. The summed E-state index contributed by atoms with van der Waals surface area (Å²) in [5.74, 6) is 0.155. The molecule has 186 valence electrons. The Morgan fingerprint density at radius 1 is 0.972 bits per heavy atom. The summed E-state index contributed by atoms with van der Waals surface area (Å²) in [6.45, 7) is 2.38. The molecule has 0 saturated carbocycles. The molecule has 0 bridgehead atoms. The van der Waals surface area contributed by atoms with Gasteiger partial charge in [0, 0.05) is 17.8 Å². The molecule has 2 amide bonds. The van der Waals surface area contributed by atoms with Gasteiger partial charge in [-0.05, 0) is 54.4 Å². The highest BCUT2D eigenvalue weighted by Crippen LogP contribution is 2.37. The molecule has 3 aromatic carbocycles. The maximum atomic E-state index is 13.3. The average molecular weight is 489 g/mol. The van der Waals surface area contributed by atoms with Gasteiger partial charge >= 0.3 is 5.97 Å². The molecule has 1 aliphatic rings. The first-order valence-corrected chi connectivity index (χ1v) is 11.6. The lowest BCUT2D eigenvalue weighted by Gasteiger charge is -2.28. The standard InChI is InChI=1S/C28H28N2O6/c1-4-36-28(33)19-9-7-10-21(14-19)29-26(31)16-23(18-12-13-24(34-2)25(15-18)35-3)30-17-20-8-5-6-11-22(20)27(30)32/h5-15,23H,4,16-17H2,1-3H3,(H,29,31). The summed E-state index contributed by atoms with van der Waals surface area (Å²) in [5, 5.41) is 2.85. The largest absolute Gasteiger partial charge is 0.493 e. The second-order valence-electron chi connectivity index (χ2n) is 8.27. The van der Waals surface area contributed by atoms with Crippen LogP contribution < -0.4 is 14.8 Å². The van der Waals surface area contributed by atoms with Crippen molar-refractivity contribution in [1.82, 2.24) is 4.90 Å². The molecule has 0 spiro atoms. The summed E-state index contributed by atoms with van der Waals surface area (Å²) < 4.78 is 15.9. The van der Waals surface area contributed by atoms with Crippen LogP contribution in [0.15, 0.2) is 66.7 Å². The van der Waals surface area contributed by atoms with Gasteiger partial charge in [0.15, 0.2) is 11.5 Å². The average Bonchev–Trinajstić information content (AvgIpc) is 3.23. The monoisotopic (exact) mass is 488 g/mol. The third-order valence-electron chi connectivity index (χ3n) is 6.05. The first-order chi connectivity index (χ1) is 17.4. The molecular formula is C28H28N2O6. The summed E-state index contributed by atoms with van der Waals surface area (Å²) in [6, 6.07) is 18.8. The van der Waals surface area contributed by atoms with Gasteiger partial charge in [-0.2, -0.15) is 0 Å². The lowest BCUT2D eigenvalue weighted by Crippen LogP contribution is -2.32. The molecular weight excluding hydrogens is 460 g/mol. The van der Waals surface area contributed by atoms with E-state index >= 15 is 0 Å². The predicted molar refractivity (Wildman–Crippen MR) is 134 cm³/mol. The van der Waals surface area contributed by atoms with Crippen molar-refractivity contribution in [2.75, 3.05) is 26.1 Å². The van der Waals surface area contributed by atoms with Crippen molar-refractivity contribution < 1.29 is 28.6 Å². The van der Waals surface area contributed by atoms with Gasteiger partial charge in [0.25, 0.3) is 5.91 Å². The summed E-state index contributed by atoms with van der Waals surface area (Å²) in [4.78, 5) is 40.3. The number of esters is 1. The molecule has 0 aliphatic carbocycles. The molecule has 3 aromatic rings. The van der Waals surface area contributed by atoms with Crippen LogP contribution in [0.4, 0.5) is 5.69 Å². The van der Waals surface area contributed by atoms with Crippen molar-refractivity contribution >= 4 is 23.5 Å². The van der Waals surface area contributed by atoms with Crippen molar-refractivity contribution in [3.8, 4) is 11.5 Å². The molecule has 0 fully saturated rings. The van der Waals surface area contributed by atoms with E-state index in [1.807, 2.05) is 24.3 Å². The Labute approximate surface area is 209 Å². The normalized spacial score (nSPS) is 13.1. The van der Waals surface area contributed by atoms with Crippen molar-refractivity contribution in [3.63, 3.8) is 0 Å². The smallest absolute Gasteiger partial charge is 0.338 e. The van der Waals surface area contributed by atoms with Gasteiger partial charge in [-0.15, -0.1) is 0 Å². The fourth-order valence-electron chi connectivity index (χ4n) is 4.32. The van der Waals surface area contributed by atoms with Crippen LogP contribution in [0, 0.1) is 0 Å². The molecule has 1 unspecified atom stereocenters. The van der Waals surface area contributed by atoms with Crippen LogP contribution in [0.3, 0.4) is 0 Å². The number of hydrogen-bond donors (Lipinski definition) is 1. The van der Waals surface area contributed by atoms with Crippen LogP contribution >= 0.6 is 0 Å². The molecule has 1 heterocycles. The quantitative estimate of drug-likeness (QED) is 0.442. The second kappa shape index (κ2) is 10.9. The number of methoxy groups -OCH3 is 2. The van der Waals surface area contributed by atoms with Gasteiger partial charge < -0.3 is 24.4 Å². The van der Waals surface area contributed by atoms with E-state index < -0.39 is 12.0 Å². The molecule has 0 saturated heterocycles. The highest BCUT2D eigenvalue weighted by Gasteiger charge is 2.35. The number of hydrogen-bond acceptors (Lipinski definition) is 6. The summed E-state index contributed by atoms with van der Waals surface area (Å²) >= 11 is 0. The molecule has 36 heavy (non-hydrogen) atoms. The van der Waals surface area contributed by atoms with E-state index in [-0.39, 0.29) is 24.8 Å². The zero-order chi connectivity index (χ0) is 25.7. The van der Waals surface area contributed by atoms with Crippen molar-refractivity contribution in [3.05, 3.63) is 89.0 Å². The molecule has 4 rings (SSSR count). The molecule has 1 atom stereocenters. The molecule has 0 radical (unpaired) electrons. The maximum Gasteiger partial charge on any atom is 0.338 e. The minimum Gasteiger partial charge on any atom is -0.493 e. The fraction of sp³-hybridized carbons (Fsp3) is 0.250. The zero-order valence-electron chi connectivity index (χ0n) is 20.4. The van der Waals surface area contributed by atoms with Crippen molar-refractivity contribution in [1.29, 1.82) is 0 Å². The Bertz CT molecular complexity index is 1290. The number of nitrogens with one attached hydrogen (secondary N) is 1. The minimum absolute atomic E-state index is 0.00115. The van der Waals surface area contributed by atoms with E-state index in [0.717, 1.165) is 11.1 Å². The van der Waals surface area contributed by atoms with Crippen LogP contribution in [0.25, 0.3) is 0 Å². The summed E-state index contributed by atoms with van der Waals surface area (Å²) in [6.07, 6.45) is -0.00115. The van der Waals surface area contributed by atoms with E-state index in [1.165, 1.54) is 7.11 Å². The van der Waals surface area contributed by atoms with Crippen molar-refractivity contribution in [2.45, 2.75) is 25.9 Å². The first kappa shape index (κ1) is 24.8. The predicted octanol–water partition coefficient (Wildman–Crippen LogP) is 4.61. The van der Waals surface area contributed by atoms with Gasteiger partial charge in [0.05, 0.1) is 38.9 Å². The van der Waals surface area contributed by atoms with E-state index in [9.17, 15) is 14.4 Å². The summed E-state index contributed by atoms with van der Waals surface area (Å²) in [5.41, 5.74) is 3.09. The van der Waals surface area contributed by atoms with Crippen LogP contribution in [0.5, 0.6) is 11.5 Å². The fourth-order valence-corrected chi connectivity index (χ4v) is 4.32. The lowest BCUT2D eigenvalue weighted by atomic mass is 10.0. The van der Waals surface area contributed by atoms with Crippen LogP contribution in [-0.2, 0) is 16.1 Å². The van der Waals surface area contributed by atoms with E-state index in [0.29, 0.717) is 34.9 Å². The van der Waals surface area contributed by atoms with Gasteiger partial charge in [0.2, 0.25) is 5.91 Å². The lowest BCUT2D eigenvalue weighted by molar-refractivity contribution is -0.117. The Balaban J connectivity index is 1.61. The van der Waals surface area contributed by atoms with Crippen LogP contribution in [0.2, 0.25) is 0 Å². The zero-order valence-corrected chi connectivity index (χ0v) is 20.4. The number of benzene rings is 3. The van der Waals surface area contributed by atoms with E-state index in [4.69, 9.17) is 14.2 Å². The highest BCUT2D eigenvalue weighted by atomic mass is 16.5. The number of anilines is 1. The van der Waals surface area contributed by atoms with Gasteiger partial charge in [-0.1, -0.05) is 30.3 Å². The molecule has 8 heteroatoms. The molecule has 0 aromatic heterocycles. The van der Waals surface area contributed by atoms with Gasteiger partial charge in [0.1, 0.15) is 0 Å². The number of fused-ring (bicyclic) bond motifs is 1. The van der Waals surface area contributed by atoms with Crippen LogP contribution in [-0.4, -0.2) is 43.5 Å². The Morgan fingerprint density at radius 3 is 2.47 bits per heavy atom. The van der Waals surface area contributed by atoms with Gasteiger partial charge in [-0.3, -0.25) is 9.59 Å². The maximum absolute atomic E-state index is 13.3. The van der Waals surface area contributed by atoms with E-state index in [1.54, 1.807) is 61.4 Å². The number of carbonyl (C=O) groups is 3. The number of nitrogens with zero attached hydrogens (tertiary/aromatic N) is 1. The summed E-state index contributed by atoms with van der Waals surface area (Å²) in [7, 11) is 3.09. The molecule has 1 N–H and O–H groups in total. The first-order valence-electron chi connectivity index (χ1n) is 11.6. The Kier molecular flexibility index (Phi) is 7.53. The Morgan fingerprint density at radius 2 is 1.75 bits per heavy atom.